The molecule has 2 aromatic rings. The van der Waals surface area contributed by atoms with Gasteiger partial charge in [-0.3, -0.25) is 9.69 Å². The standard InChI is InChI=1S/C38H61NO3S/c1-2-28-39(29-27-35-22-20-31-43-35)34-25-26-36-33(32-34)21-19-23-37(36)42-38(41)24-17-15-13-11-9-7-5-3-4-6-8-10-12-14-16-18-30-40/h19-23,31,34,40H,2-18,24-30,32H2,1H3. The zero-order chi connectivity index (χ0) is 30.4. The zero-order valence-electron chi connectivity index (χ0n) is 27.3. The van der Waals surface area contributed by atoms with Crippen LogP contribution in [-0.4, -0.2) is 41.7 Å². The molecular formula is C38H61NO3S. The van der Waals surface area contributed by atoms with Gasteiger partial charge in [-0.15, -0.1) is 11.3 Å². The van der Waals surface area contributed by atoms with Crippen molar-refractivity contribution in [2.45, 2.75) is 154 Å². The van der Waals surface area contributed by atoms with Gasteiger partial charge in [0.25, 0.3) is 0 Å². The summed E-state index contributed by atoms with van der Waals surface area (Å²) in [5.41, 5.74) is 2.63. The molecule has 1 N–H and O–H groups in total. The van der Waals surface area contributed by atoms with E-state index < -0.39 is 0 Å². The number of ether oxygens (including phenoxy) is 1. The minimum Gasteiger partial charge on any atom is -0.426 e. The van der Waals surface area contributed by atoms with Crippen LogP contribution in [0.15, 0.2) is 35.7 Å². The van der Waals surface area contributed by atoms with Gasteiger partial charge in [0.05, 0.1) is 0 Å². The second-order valence-electron chi connectivity index (χ2n) is 12.8. The Morgan fingerprint density at radius 2 is 1.47 bits per heavy atom. The van der Waals surface area contributed by atoms with Crippen LogP contribution in [0.1, 0.15) is 145 Å². The Morgan fingerprint density at radius 1 is 0.837 bits per heavy atom. The van der Waals surface area contributed by atoms with Crippen molar-refractivity contribution in [2.24, 2.45) is 0 Å². The first kappa shape index (κ1) is 35.8. The van der Waals surface area contributed by atoms with Gasteiger partial charge in [0.15, 0.2) is 0 Å². The SMILES string of the molecule is CCCN(CCc1cccs1)C1CCc2c(cccc2OC(=O)CCCCCCCCCCCCCCCCCCO)C1. The number of hydrogen-bond acceptors (Lipinski definition) is 5. The molecule has 242 valence electrons. The quantitative estimate of drug-likeness (QED) is 0.0689. The van der Waals surface area contributed by atoms with E-state index in [0.717, 1.165) is 63.8 Å². The van der Waals surface area contributed by atoms with E-state index in [4.69, 9.17) is 9.84 Å². The molecule has 0 radical (unpaired) electrons. The Labute approximate surface area is 267 Å². The average Bonchev–Trinajstić information content (AvgIpc) is 3.54. The monoisotopic (exact) mass is 611 g/mol. The normalized spacial score (nSPS) is 14.7. The summed E-state index contributed by atoms with van der Waals surface area (Å²) in [6.45, 7) is 4.90. The fourth-order valence-electron chi connectivity index (χ4n) is 6.66. The Bertz CT molecular complexity index is 976. The fraction of sp³-hybridized carbons (Fsp3) is 0.711. The van der Waals surface area contributed by atoms with Gasteiger partial charge in [0.2, 0.25) is 0 Å². The summed E-state index contributed by atoms with van der Waals surface area (Å²) in [5.74, 6) is 0.740. The maximum atomic E-state index is 12.7. The summed E-state index contributed by atoms with van der Waals surface area (Å²) in [6.07, 6.45) is 26.3. The van der Waals surface area contributed by atoms with E-state index in [-0.39, 0.29) is 5.97 Å². The summed E-state index contributed by atoms with van der Waals surface area (Å²) < 4.78 is 5.92. The van der Waals surface area contributed by atoms with Crippen molar-refractivity contribution in [1.82, 2.24) is 4.90 Å². The average molecular weight is 612 g/mol. The van der Waals surface area contributed by atoms with Crippen LogP contribution in [0, 0.1) is 0 Å². The van der Waals surface area contributed by atoms with Crippen LogP contribution < -0.4 is 4.74 Å². The number of aliphatic hydroxyl groups excluding tert-OH is 1. The number of thiophene rings is 1. The Morgan fingerprint density at radius 3 is 2.05 bits per heavy atom. The lowest BCUT2D eigenvalue weighted by atomic mass is 9.86. The van der Waals surface area contributed by atoms with Gasteiger partial charge >= 0.3 is 5.97 Å². The smallest absolute Gasteiger partial charge is 0.311 e. The summed E-state index contributed by atoms with van der Waals surface area (Å²) in [5, 5.41) is 11.0. The lowest BCUT2D eigenvalue weighted by Gasteiger charge is -2.35. The molecule has 43 heavy (non-hydrogen) atoms. The number of carbonyl (C=O) groups excluding carboxylic acids is 1. The highest BCUT2D eigenvalue weighted by Gasteiger charge is 2.26. The molecule has 3 rings (SSSR count). The Hall–Kier alpha value is -1.69. The third-order valence-corrected chi connectivity index (χ3v) is 10.1. The van der Waals surface area contributed by atoms with Gasteiger partial charge in [-0.05, 0) is 80.1 Å². The number of nitrogens with zero attached hydrogens (tertiary/aromatic N) is 1. The summed E-state index contributed by atoms with van der Waals surface area (Å²) >= 11 is 1.86. The Kier molecular flexibility index (Phi) is 18.9. The zero-order valence-corrected chi connectivity index (χ0v) is 28.2. The summed E-state index contributed by atoms with van der Waals surface area (Å²) in [6, 6.07) is 11.3. The number of benzene rings is 1. The molecule has 5 heteroatoms. The molecule has 1 unspecified atom stereocenters. The van der Waals surface area contributed by atoms with Crippen LogP contribution >= 0.6 is 11.3 Å². The number of esters is 1. The molecule has 0 saturated heterocycles. The summed E-state index contributed by atoms with van der Waals surface area (Å²) in [4.78, 5) is 16.8. The van der Waals surface area contributed by atoms with Crippen molar-refractivity contribution < 1.29 is 14.6 Å². The molecule has 1 heterocycles. The van der Waals surface area contributed by atoms with Crippen molar-refractivity contribution in [1.29, 1.82) is 0 Å². The minimum absolute atomic E-state index is 0.0655. The number of aliphatic hydroxyl groups is 1. The first-order valence-corrected chi connectivity index (χ1v) is 18.8. The topological polar surface area (TPSA) is 49.8 Å². The van der Waals surface area contributed by atoms with E-state index in [1.165, 1.54) is 106 Å². The number of unbranched alkanes of at least 4 members (excludes halogenated alkanes) is 15. The van der Waals surface area contributed by atoms with E-state index >= 15 is 0 Å². The predicted molar refractivity (Wildman–Crippen MR) is 183 cm³/mol. The lowest BCUT2D eigenvalue weighted by molar-refractivity contribution is -0.134. The number of rotatable bonds is 25. The highest BCUT2D eigenvalue weighted by molar-refractivity contribution is 7.09. The van der Waals surface area contributed by atoms with Crippen molar-refractivity contribution >= 4 is 17.3 Å². The molecule has 1 aliphatic rings. The minimum atomic E-state index is -0.0655. The second kappa shape index (κ2) is 22.8. The van der Waals surface area contributed by atoms with Crippen molar-refractivity contribution in [2.75, 3.05) is 19.7 Å². The second-order valence-corrected chi connectivity index (χ2v) is 13.8. The number of hydrogen-bond donors (Lipinski definition) is 1. The van der Waals surface area contributed by atoms with Gasteiger partial charge in [0.1, 0.15) is 5.75 Å². The van der Waals surface area contributed by atoms with Crippen LogP contribution in [0.2, 0.25) is 0 Å². The molecule has 1 aromatic carbocycles. The molecule has 1 aromatic heterocycles. The van der Waals surface area contributed by atoms with Crippen LogP contribution in [0.5, 0.6) is 5.75 Å². The van der Waals surface area contributed by atoms with Gasteiger partial charge in [-0.2, -0.15) is 0 Å². The first-order valence-electron chi connectivity index (χ1n) is 17.9. The molecule has 0 saturated carbocycles. The highest BCUT2D eigenvalue weighted by Crippen LogP contribution is 2.32. The highest BCUT2D eigenvalue weighted by atomic mass is 32.1. The van der Waals surface area contributed by atoms with Gasteiger partial charge in [0, 0.05) is 30.5 Å². The maximum Gasteiger partial charge on any atom is 0.311 e. The summed E-state index contributed by atoms with van der Waals surface area (Å²) in [7, 11) is 0. The Balaban J connectivity index is 1.23. The van der Waals surface area contributed by atoms with Crippen LogP contribution in [0.3, 0.4) is 0 Å². The van der Waals surface area contributed by atoms with Gasteiger partial charge < -0.3 is 9.84 Å². The fourth-order valence-corrected chi connectivity index (χ4v) is 7.36. The largest absolute Gasteiger partial charge is 0.426 e. The van der Waals surface area contributed by atoms with E-state index in [1.54, 1.807) is 0 Å². The van der Waals surface area contributed by atoms with Crippen LogP contribution in [0.4, 0.5) is 0 Å². The maximum absolute atomic E-state index is 12.7. The molecule has 0 amide bonds. The van der Waals surface area contributed by atoms with E-state index in [2.05, 4.69) is 41.5 Å². The lowest BCUT2D eigenvalue weighted by Crippen LogP contribution is -2.41. The number of carbonyl (C=O) groups is 1. The van der Waals surface area contributed by atoms with Gasteiger partial charge in [-0.25, -0.2) is 0 Å². The van der Waals surface area contributed by atoms with Crippen molar-refractivity contribution in [3.05, 3.63) is 51.7 Å². The molecule has 0 spiro atoms. The third-order valence-electron chi connectivity index (χ3n) is 9.18. The van der Waals surface area contributed by atoms with Gasteiger partial charge in [-0.1, -0.05) is 115 Å². The molecule has 1 atom stereocenters. The van der Waals surface area contributed by atoms with Crippen LogP contribution in [0.25, 0.3) is 0 Å². The van der Waals surface area contributed by atoms with E-state index in [9.17, 15) is 4.79 Å². The van der Waals surface area contributed by atoms with Crippen molar-refractivity contribution in [3.63, 3.8) is 0 Å². The third kappa shape index (κ3) is 14.8. The molecular weight excluding hydrogens is 550 g/mol. The predicted octanol–water partition coefficient (Wildman–Crippen LogP) is 10.1. The molecule has 0 bridgehead atoms. The number of fused-ring (bicyclic) bond motifs is 1. The molecule has 0 aliphatic heterocycles. The molecule has 1 aliphatic carbocycles. The molecule has 4 nitrogen and oxygen atoms in total. The first-order chi connectivity index (χ1) is 21.2. The van der Waals surface area contributed by atoms with E-state index in [0.29, 0.717) is 19.1 Å². The van der Waals surface area contributed by atoms with E-state index in [1.807, 2.05) is 17.4 Å². The molecule has 0 fully saturated rings. The van der Waals surface area contributed by atoms with Crippen molar-refractivity contribution in [3.8, 4) is 5.75 Å². The van der Waals surface area contributed by atoms with Crippen LogP contribution in [-0.2, 0) is 24.1 Å².